The third-order valence-electron chi connectivity index (χ3n) is 10.4. The molecule has 0 aliphatic carbocycles. The fraction of sp³-hybridized carbons (Fsp3) is 0.462. The van der Waals surface area contributed by atoms with Crippen LogP contribution in [0.4, 0.5) is 10.5 Å². The number of rotatable bonds is 4. The van der Waals surface area contributed by atoms with Gasteiger partial charge in [-0.2, -0.15) is 5.10 Å². The first-order valence-electron chi connectivity index (χ1n) is 17.8. The van der Waals surface area contributed by atoms with E-state index in [0.717, 1.165) is 12.5 Å². The SMILES string of the molecule is CO[C@H]1/C=C/O[C@@]2(C)Oc3c(C)c(O)c4c(O)c(c(/C=N/NC(N)=O)c(O)c4c3C2=O)NC(=O)/C(C)=C\C=C\[C@H](C)[C@H](O)[C@@H](C)[C@@H](O)[C@@H](C)[C@H](OC(C)=O)[C@@H]1C. The minimum absolute atomic E-state index is 0.0154. The average Bonchev–Trinajstić information content (AvgIpc) is 3.41. The molecule has 0 radical (unpaired) electrons. The van der Waals surface area contributed by atoms with Crippen molar-refractivity contribution in [2.75, 3.05) is 12.4 Å². The van der Waals surface area contributed by atoms with E-state index in [1.165, 1.54) is 53.0 Å². The lowest BCUT2D eigenvalue weighted by molar-refractivity contribution is -0.160. The number of amides is 3. The zero-order valence-electron chi connectivity index (χ0n) is 32.6. The Morgan fingerprint density at radius 2 is 1.64 bits per heavy atom. The number of phenols is 3. The van der Waals surface area contributed by atoms with Gasteiger partial charge in [0.25, 0.3) is 11.7 Å². The number of carbonyl (C=O) groups excluding carboxylic acids is 4. The Labute approximate surface area is 323 Å². The number of aromatic hydroxyl groups is 3. The Morgan fingerprint density at radius 1 is 0.982 bits per heavy atom. The fourth-order valence-electron chi connectivity index (χ4n) is 7.03. The molecule has 0 saturated carbocycles. The Kier molecular flexibility index (Phi) is 13.1. The number of esters is 1. The molecule has 2 aromatic rings. The first-order chi connectivity index (χ1) is 26.2. The van der Waals surface area contributed by atoms with Crippen LogP contribution in [0.3, 0.4) is 0 Å². The number of methoxy groups -OCH3 is 1. The van der Waals surface area contributed by atoms with E-state index in [1.54, 1.807) is 33.8 Å². The number of anilines is 1. The van der Waals surface area contributed by atoms with Crippen molar-refractivity contribution in [1.29, 1.82) is 0 Å². The number of fused-ring (bicyclic) bond motifs is 14. The molecular weight excluding hydrogens is 732 g/mol. The topological polar surface area (TPSA) is 269 Å². The van der Waals surface area contributed by atoms with E-state index in [1.807, 2.05) is 5.43 Å². The van der Waals surface area contributed by atoms with Crippen molar-refractivity contribution in [1.82, 2.24) is 5.43 Å². The van der Waals surface area contributed by atoms with Gasteiger partial charge in [0, 0.05) is 61.2 Å². The second kappa shape index (κ2) is 17.0. The van der Waals surface area contributed by atoms with Crippen LogP contribution < -0.4 is 21.2 Å². The van der Waals surface area contributed by atoms with E-state index in [-0.39, 0.29) is 33.4 Å². The molecule has 0 fully saturated rings. The number of ether oxygens (including phenoxy) is 4. The van der Waals surface area contributed by atoms with Crippen molar-refractivity contribution in [3.05, 3.63) is 52.8 Å². The molecular formula is C39H50N4O13. The number of aliphatic hydroxyl groups is 2. The molecule has 0 saturated heterocycles. The quantitative estimate of drug-likeness (QED) is 0.0723. The predicted molar refractivity (Wildman–Crippen MR) is 204 cm³/mol. The number of phenolic OH excluding ortho intramolecular Hbond substituents is 3. The number of aliphatic hydroxyl groups excluding tert-OH is 2. The van der Waals surface area contributed by atoms with Crippen molar-refractivity contribution in [3.8, 4) is 23.0 Å². The maximum Gasteiger partial charge on any atom is 0.332 e. The zero-order valence-corrected chi connectivity index (χ0v) is 32.6. The molecule has 0 spiro atoms. The predicted octanol–water partition coefficient (Wildman–Crippen LogP) is 3.76. The molecule has 17 heteroatoms. The number of ketones is 1. The highest BCUT2D eigenvalue weighted by atomic mass is 16.7. The van der Waals surface area contributed by atoms with E-state index in [2.05, 4.69) is 10.4 Å². The van der Waals surface area contributed by atoms with Crippen LogP contribution in [-0.2, 0) is 23.8 Å². The molecule has 5 rings (SSSR count). The molecule has 3 aliphatic rings. The molecule has 56 heavy (non-hydrogen) atoms. The van der Waals surface area contributed by atoms with Crippen molar-refractivity contribution in [2.24, 2.45) is 34.5 Å². The lowest BCUT2D eigenvalue weighted by Gasteiger charge is -2.38. The van der Waals surface area contributed by atoms with Crippen molar-refractivity contribution >= 4 is 46.4 Å². The summed E-state index contributed by atoms with van der Waals surface area (Å²) in [6.07, 6.45) is 4.02. The van der Waals surface area contributed by atoms with E-state index in [4.69, 9.17) is 24.7 Å². The maximum atomic E-state index is 14.2. The number of hydrogen-bond acceptors (Lipinski definition) is 14. The van der Waals surface area contributed by atoms with E-state index >= 15 is 0 Å². The summed E-state index contributed by atoms with van der Waals surface area (Å²) in [6.45, 7) is 12.2. The Hall–Kier alpha value is -5.65. The summed E-state index contributed by atoms with van der Waals surface area (Å²) in [5.74, 6) is -9.24. The van der Waals surface area contributed by atoms with Crippen LogP contribution >= 0.6 is 0 Å². The molecule has 17 nitrogen and oxygen atoms in total. The molecule has 3 aliphatic heterocycles. The maximum absolute atomic E-state index is 14.2. The molecule has 0 unspecified atom stereocenters. The first-order valence-corrected chi connectivity index (χ1v) is 17.8. The number of urea groups is 1. The number of hydrazone groups is 1. The molecule has 9 N–H and O–H groups in total. The first kappa shape index (κ1) is 43.1. The number of nitrogens with zero attached hydrogens (tertiary/aromatic N) is 1. The third-order valence-corrected chi connectivity index (χ3v) is 10.4. The van der Waals surface area contributed by atoms with Crippen molar-refractivity contribution in [2.45, 2.75) is 85.6 Å². The summed E-state index contributed by atoms with van der Waals surface area (Å²) in [5.41, 5.74) is 6.04. The molecule has 3 heterocycles. The van der Waals surface area contributed by atoms with Gasteiger partial charge in [-0.15, -0.1) is 0 Å². The normalized spacial score (nSPS) is 30.9. The molecule has 304 valence electrons. The van der Waals surface area contributed by atoms with Gasteiger partial charge in [0.15, 0.2) is 5.75 Å². The summed E-state index contributed by atoms with van der Waals surface area (Å²) >= 11 is 0. The highest BCUT2D eigenvalue weighted by molar-refractivity contribution is 6.23. The number of hydrogen-bond donors (Lipinski definition) is 8. The van der Waals surface area contributed by atoms with Crippen LogP contribution in [0.2, 0.25) is 0 Å². The van der Waals surface area contributed by atoms with Crippen LogP contribution in [-0.4, -0.2) is 92.8 Å². The second-order valence-electron chi connectivity index (χ2n) is 14.4. The van der Waals surface area contributed by atoms with Crippen LogP contribution in [0.15, 0.2) is 41.2 Å². The highest BCUT2D eigenvalue weighted by Gasteiger charge is 2.50. The highest BCUT2D eigenvalue weighted by Crippen LogP contribution is 2.55. The third kappa shape index (κ3) is 8.29. The summed E-state index contributed by atoms with van der Waals surface area (Å²) in [4.78, 5) is 51.4. The van der Waals surface area contributed by atoms with E-state index < -0.39 is 106 Å². The average molecular weight is 783 g/mol. The van der Waals surface area contributed by atoms with Crippen molar-refractivity contribution in [3.63, 3.8) is 0 Å². The molecule has 9 atom stereocenters. The van der Waals surface area contributed by atoms with E-state index in [0.29, 0.717) is 0 Å². The zero-order chi connectivity index (χ0) is 42.0. The Balaban J connectivity index is 1.98. The lowest BCUT2D eigenvalue weighted by Crippen LogP contribution is -2.46. The molecule has 5 bridgehead atoms. The Bertz CT molecular complexity index is 2030. The summed E-state index contributed by atoms with van der Waals surface area (Å²) in [7, 11) is 1.40. The lowest BCUT2D eigenvalue weighted by atomic mass is 9.78. The number of Topliss-reactive ketones (excluding diaryl/α,β-unsaturated/α-hetero) is 1. The summed E-state index contributed by atoms with van der Waals surface area (Å²) < 4.78 is 23.3. The standard InChI is InChI=1S/C39H50N4O13/c1-16-11-10-12-17(2)37(51)42-28-23(15-41-43-38(40)52)32(48)25-26(33(28)49)31(47)21(6)35-27(25)36(50)39(8,56-35)54-14-13-24(53-9)18(3)34(55-22(7)44)20(5)30(46)19(4)29(16)45/h10-16,18-20,24,29-30,34,45-49H,1-9H3,(H,42,51)(H3,40,43,52)/b11-10+,14-13+,17-12-,41-15+/t16-,18+,19+,20+,24-,29-,30+,34+,39-/m0/s1. The smallest absolute Gasteiger partial charge is 0.332 e. The van der Waals surface area contributed by atoms with Gasteiger partial charge < -0.3 is 55.5 Å². The van der Waals surface area contributed by atoms with Gasteiger partial charge in [0.05, 0.1) is 53.0 Å². The number of nitrogens with two attached hydrogens (primary N) is 1. The van der Waals surface area contributed by atoms with Crippen LogP contribution in [0, 0.1) is 30.6 Å². The van der Waals surface area contributed by atoms with Crippen LogP contribution in [0.5, 0.6) is 23.0 Å². The van der Waals surface area contributed by atoms with E-state index in [9.17, 15) is 44.7 Å². The van der Waals surface area contributed by atoms with Crippen LogP contribution in [0.25, 0.3) is 10.8 Å². The second-order valence-corrected chi connectivity index (χ2v) is 14.4. The number of nitrogens with one attached hydrogen (secondary N) is 2. The molecule has 3 amide bonds. The van der Waals surface area contributed by atoms with Gasteiger partial charge in [-0.25, -0.2) is 10.2 Å². The summed E-state index contributed by atoms with van der Waals surface area (Å²) in [5, 5.41) is 62.9. The van der Waals surface area contributed by atoms with Gasteiger partial charge in [0.1, 0.15) is 23.4 Å². The summed E-state index contributed by atoms with van der Waals surface area (Å²) in [6, 6.07) is -1.07. The molecule has 2 aromatic carbocycles. The van der Waals surface area contributed by atoms with Gasteiger partial charge in [0.2, 0.25) is 0 Å². The van der Waals surface area contributed by atoms with Gasteiger partial charge in [-0.3, -0.25) is 14.4 Å². The number of carbonyl (C=O) groups is 4. The minimum Gasteiger partial charge on any atom is -0.507 e. The largest absolute Gasteiger partial charge is 0.507 e. The van der Waals surface area contributed by atoms with Gasteiger partial charge in [-0.1, -0.05) is 45.9 Å². The monoisotopic (exact) mass is 782 g/mol. The number of primary amides is 1. The molecule has 0 aromatic heterocycles. The van der Waals surface area contributed by atoms with Crippen LogP contribution in [0.1, 0.15) is 70.0 Å². The number of benzene rings is 2. The van der Waals surface area contributed by atoms with Crippen molar-refractivity contribution < 1.29 is 63.7 Å². The minimum atomic E-state index is -2.10. The fourth-order valence-corrected chi connectivity index (χ4v) is 7.03. The number of allylic oxidation sites excluding steroid dienone is 2. The van der Waals surface area contributed by atoms with Gasteiger partial charge in [-0.05, 0) is 19.9 Å². The van der Waals surface area contributed by atoms with Gasteiger partial charge >= 0.3 is 17.8 Å². The Morgan fingerprint density at radius 3 is 2.25 bits per heavy atom.